The van der Waals surface area contributed by atoms with Gasteiger partial charge in [0.05, 0.1) is 11.9 Å². The van der Waals surface area contributed by atoms with E-state index in [2.05, 4.69) is 5.32 Å². The lowest BCUT2D eigenvalue weighted by Gasteiger charge is -2.32. The number of amides is 2. The molecular formula is C32H40FN3O4S. The summed E-state index contributed by atoms with van der Waals surface area (Å²) in [5, 5.41) is 2.94. The molecular weight excluding hydrogens is 541 g/mol. The van der Waals surface area contributed by atoms with Crippen molar-refractivity contribution in [1.82, 2.24) is 10.2 Å². The van der Waals surface area contributed by atoms with Crippen molar-refractivity contribution in [3.63, 3.8) is 0 Å². The van der Waals surface area contributed by atoms with Crippen LogP contribution >= 0.6 is 0 Å². The number of carbonyl (C=O) groups is 2. The number of hydrogen-bond donors (Lipinski definition) is 1. The number of halogens is 1. The molecule has 0 bridgehead atoms. The van der Waals surface area contributed by atoms with Crippen LogP contribution in [0.4, 0.5) is 10.1 Å². The van der Waals surface area contributed by atoms with Gasteiger partial charge in [-0.2, -0.15) is 0 Å². The number of aryl methyl sites for hydroxylation is 1. The number of benzene rings is 3. The average molecular weight is 582 g/mol. The number of sulfonamides is 1. The lowest BCUT2D eigenvalue weighted by Crippen LogP contribution is -2.51. The Balaban J connectivity index is 1.88. The molecule has 41 heavy (non-hydrogen) atoms. The normalized spacial score (nSPS) is 12.1. The summed E-state index contributed by atoms with van der Waals surface area (Å²) >= 11 is 0. The molecule has 0 saturated heterocycles. The highest BCUT2D eigenvalue weighted by Crippen LogP contribution is 2.21. The van der Waals surface area contributed by atoms with Gasteiger partial charge in [0, 0.05) is 38.0 Å². The SMILES string of the molecule is Cc1ccc(N(CCCC(=O)N(Cc2ccccc2F)[C@H](Cc2ccccc2)C(=O)NCC(C)C)S(C)(=O)=O)cc1. The van der Waals surface area contributed by atoms with Gasteiger partial charge in [0.2, 0.25) is 21.8 Å². The largest absolute Gasteiger partial charge is 0.354 e. The standard InChI is InChI=1S/C32H40FN3O4S/c1-24(2)22-34-32(38)30(21-26-11-6-5-7-12-26)35(23-27-13-8-9-14-29(27)33)31(37)15-10-20-36(41(4,39)40)28-18-16-25(3)17-19-28/h5-9,11-14,16-19,24,30H,10,15,20-23H2,1-4H3,(H,34,38)/t30-/m1/s1. The van der Waals surface area contributed by atoms with Crippen molar-refractivity contribution >= 4 is 27.5 Å². The predicted molar refractivity (Wildman–Crippen MR) is 161 cm³/mol. The molecule has 2 amide bonds. The molecule has 7 nitrogen and oxygen atoms in total. The van der Waals surface area contributed by atoms with E-state index in [1.54, 1.807) is 30.3 Å². The molecule has 0 unspecified atom stereocenters. The van der Waals surface area contributed by atoms with Crippen LogP contribution in [-0.4, -0.2) is 50.5 Å². The van der Waals surface area contributed by atoms with Crippen LogP contribution in [0, 0.1) is 18.7 Å². The van der Waals surface area contributed by atoms with Crippen LogP contribution in [0.15, 0.2) is 78.9 Å². The van der Waals surface area contributed by atoms with Crippen molar-refractivity contribution in [2.75, 3.05) is 23.7 Å². The molecule has 9 heteroatoms. The number of rotatable bonds is 14. The monoisotopic (exact) mass is 581 g/mol. The molecule has 0 heterocycles. The van der Waals surface area contributed by atoms with Gasteiger partial charge in [0.15, 0.2) is 0 Å². The van der Waals surface area contributed by atoms with Crippen LogP contribution in [0.2, 0.25) is 0 Å². The Bertz CT molecular complexity index is 1400. The van der Waals surface area contributed by atoms with Gasteiger partial charge in [-0.15, -0.1) is 0 Å². The second-order valence-corrected chi connectivity index (χ2v) is 12.6. The van der Waals surface area contributed by atoms with Gasteiger partial charge in [-0.05, 0) is 43.0 Å². The van der Waals surface area contributed by atoms with Gasteiger partial charge in [0.25, 0.3) is 0 Å². The highest BCUT2D eigenvalue weighted by Gasteiger charge is 2.31. The zero-order valence-electron chi connectivity index (χ0n) is 24.2. The Labute approximate surface area is 243 Å². The second-order valence-electron chi connectivity index (χ2n) is 10.7. The van der Waals surface area contributed by atoms with Crippen LogP contribution in [0.5, 0.6) is 0 Å². The molecule has 3 rings (SSSR count). The Kier molecular flexibility index (Phi) is 11.5. The van der Waals surface area contributed by atoms with E-state index in [1.807, 2.05) is 63.2 Å². The molecule has 0 saturated carbocycles. The summed E-state index contributed by atoms with van der Waals surface area (Å²) < 4.78 is 41.2. The maximum atomic E-state index is 14.8. The first-order chi connectivity index (χ1) is 19.5. The maximum Gasteiger partial charge on any atom is 0.243 e. The van der Waals surface area contributed by atoms with Crippen LogP contribution in [0.25, 0.3) is 0 Å². The third-order valence-electron chi connectivity index (χ3n) is 6.73. The van der Waals surface area contributed by atoms with Gasteiger partial charge >= 0.3 is 0 Å². The lowest BCUT2D eigenvalue weighted by atomic mass is 10.0. The number of nitrogens with one attached hydrogen (secondary N) is 1. The minimum Gasteiger partial charge on any atom is -0.354 e. The Morgan fingerprint density at radius 3 is 2.17 bits per heavy atom. The fraction of sp³-hybridized carbons (Fsp3) is 0.375. The van der Waals surface area contributed by atoms with Gasteiger partial charge in [-0.3, -0.25) is 13.9 Å². The Morgan fingerprint density at radius 1 is 0.927 bits per heavy atom. The first-order valence-electron chi connectivity index (χ1n) is 13.8. The first kappa shape index (κ1) is 31.8. The molecule has 0 aliphatic rings. The highest BCUT2D eigenvalue weighted by atomic mass is 32.2. The summed E-state index contributed by atoms with van der Waals surface area (Å²) in [5.74, 6) is -0.930. The zero-order chi connectivity index (χ0) is 30.0. The van der Waals surface area contributed by atoms with Crippen molar-refractivity contribution < 1.29 is 22.4 Å². The minimum atomic E-state index is -3.59. The van der Waals surface area contributed by atoms with E-state index in [0.717, 1.165) is 17.4 Å². The molecule has 0 aliphatic carbocycles. The smallest absolute Gasteiger partial charge is 0.243 e. The fourth-order valence-corrected chi connectivity index (χ4v) is 5.47. The summed E-state index contributed by atoms with van der Waals surface area (Å²) in [7, 11) is -3.59. The number of carbonyl (C=O) groups excluding carboxylic acids is 2. The molecule has 0 radical (unpaired) electrons. The van der Waals surface area contributed by atoms with Crippen molar-refractivity contribution in [3.8, 4) is 0 Å². The molecule has 1 atom stereocenters. The lowest BCUT2D eigenvalue weighted by molar-refractivity contribution is -0.141. The second kappa shape index (κ2) is 14.8. The Hall–Kier alpha value is -3.72. The van der Waals surface area contributed by atoms with E-state index in [1.165, 1.54) is 15.3 Å². The van der Waals surface area contributed by atoms with Crippen molar-refractivity contribution in [1.29, 1.82) is 0 Å². The van der Waals surface area contributed by atoms with Gasteiger partial charge in [-0.25, -0.2) is 12.8 Å². The third kappa shape index (κ3) is 9.70. The Morgan fingerprint density at radius 2 is 1.56 bits per heavy atom. The molecule has 3 aromatic rings. The van der Waals surface area contributed by atoms with E-state index >= 15 is 0 Å². The van der Waals surface area contributed by atoms with Gasteiger partial charge < -0.3 is 10.2 Å². The summed E-state index contributed by atoms with van der Waals surface area (Å²) in [5.41, 5.74) is 2.68. The van der Waals surface area contributed by atoms with Crippen LogP contribution in [-0.2, 0) is 32.6 Å². The average Bonchev–Trinajstić information content (AvgIpc) is 2.93. The molecule has 0 fully saturated rings. The summed E-state index contributed by atoms with van der Waals surface area (Å²) in [6.07, 6.45) is 1.59. The minimum absolute atomic E-state index is 0.0188. The maximum absolute atomic E-state index is 14.8. The number of anilines is 1. The van der Waals surface area contributed by atoms with Gasteiger partial charge in [-0.1, -0.05) is 80.1 Å². The highest BCUT2D eigenvalue weighted by molar-refractivity contribution is 7.92. The quantitative estimate of drug-likeness (QED) is 0.287. The van der Waals surface area contributed by atoms with Gasteiger partial charge in [0.1, 0.15) is 11.9 Å². The van der Waals surface area contributed by atoms with Crippen LogP contribution < -0.4 is 9.62 Å². The van der Waals surface area contributed by atoms with Crippen molar-refractivity contribution in [3.05, 3.63) is 101 Å². The van der Waals surface area contributed by atoms with Crippen LogP contribution in [0.1, 0.15) is 43.4 Å². The van der Waals surface area contributed by atoms with E-state index in [0.29, 0.717) is 17.8 Å². The predicted octanol–water partition coefficient (Wildman–Crippen LogP) is 5.09. The molecule has 0 spiro atoms. The number of nitrogens with zero attached hydrogens (tertiary/aromatic N) is 2. The van der Waals surface area contributed by atoms with E-state index in [-0.39, 0.29) is 50.1 Å². The fourth-order valence-electron chi connectivity index (χ4n) is 4.50. The topological polar surface area (TPSA) is 86.8 Å². The van der Waals surface area contributed by atoms with E-state index in [9.17, 15) is 22.4 Å². The zero-order valence-corrected chi connectivity index (χ0v) is 25.0. The third-order valence-corrected chi connectivity index (χ3v) is 7.92. The number of hydrogen-bond acceptors (Lipinski definition) is 4. The van der Waals surface area contributed by atoms with Crippen molar-refractivity contribution in [2.24, 2.45) is 5.92 Å². The summed E-state index contributed by atoms with van der Waals surface area (Å²) in [4.78, 5) is 28.7. The summed E-state index contributed by atoms with van der Waals surface area (Å²) in [6.45, 7) is 6.31. The van der Waals surface area contributed by atoms with E-state index in [4.69, 9.17) is 0 Å². The van der Waals surface area contributed by atoms with Crippen LogP contribution in [0.3, 0.4) is 0 Å². The first-order valence-corrected chi connectivity index (χ1v) is 15.7. The molecule has 1 N–H and O–H groups in total. The van der Waals surface area contributed by atoms with Crippen molar-refractivity contribution in [2.45, 2.75) is 52.6 Å². The molecule has 3 aromatic carbocycles. The molecule has 0 aliphatic heterocycles. The molecule has 220 valence electrons. The molecule has 0 aromatic heterocycles. The van der Waals surface area contributed by atoms with E-state index < -0.39 is 21.9 Å². The summed E-state index contributed by atoms with van der Waals surface area (Å²) in [6, 6.07) is 21.8.